The Hall–Kier alpha value is -1.75. The van der Waals surface area contributed by atoms with Crippen molar-refractivity contribution >= 4 is 27.7 Å². The number of hydrogen-bond donors (Lipinski definition) is 1. The minimum Gasteiger partial charge on any atom is -0.310 e. The first kappa shape index (κ1) is 13.7. The Morgan fingerprint density at radius 3 is 2.79 bits per heavy atom. The van der Waals surface area contributed by atoms with Crippen molar-refractivity contribution in [1.82, 2.24) is 4.98 Å². The molecule has 0 unspecified atom stereocenters. The molecule has 0 fully saturated rings. The van der Waals surface area contributed by atoms with Gasteiger partial charge in [0.25, 0.3) is 0 Å². The zero-order valence-corrected chi connectivity index (χ0v) is 11.9. The fraction of sp³-hybridized carbons (Fsp3) is 0.143. The zero-order valence-electron chi connectivity index (χ0n) is 10.3. The Labute approximate surface area is 119 Å². The Morgan fingerprint density at radius 2 is 2.16 bits per heavy atom. The molecule has 1 aromatic heterocycles. The molecular weight excluding hydrogens is 311 g/mol. The van der Waals surface area contributed by atoms with Gasteiger partial charge >= 0.3 is 0 Å². The first-order valence-electron chi connectivity index (χ1n) is 5.71. The van der Waals surface area contributed by atoms with Crippen LogP contribution in [-0.2, 0) is 11.2 Å². The number of rotatable bonds is 3. The summed E-state index contributed by atoms with van der Waals surface area (Å²) in [6.45, 7) is 1.67. The highest BCUT2D eigenvalue weighted by Gasteiger charge is 2.06. The minimum atomic E-state index is -0.265. The van der Waals surface area contributed by atoms with Crippen molar-refractivity contribution < 1.29 is 9.18 Å². The molecule has 0 aliphatic carbocycles. The van der Waals surface area contributed by atoms with E-state index in [0.717, 1.165) is 10.0 Å². The lowest BCUT2D eigenvalue weighted by atomic mass is 10.1. The minimum absolute atomic E-state index is 0.180. The lowest BCUT2D eigenvalue weighted by molar-refractivity contribution is -0.115. The molecule has 1 N–H and O–H groups in total. The molecule has 98 valence electrons. The van der Waals surface area contributed by atoms with Gasteiger partial charge in [0.2, 0.25) is 5.91 Å². The molecule has 0 bridgehead atoms. The first-order valence-corrected chi connectivity index (χ1v) is 6.50. The average molecular weight is 323 g/mol. The largest absolute Gasteiger partial charge is 0.310 e. The standard InChI is InChI=1S/C14H12BrFN2O/c1-9-6-10(2-4-12(9)16)7-14(19)18-13-5-3-11(15)8-17-13/h2-6,8H,7H2,1H3,(H,17,18,19). The molecule has 3 nitrogen and oxygen atoms in total. The molecule has 2 aromatic rings. The lowest BCUT2D eigenvalue weighted by Crippen LogP contribution is -2.15. The molecule has 1 heterocycles. The fourth-order valence-electron chi connectivity index (χ4n) is 1.64. The summed E-state index contributed by atoms with van der Waals surface area (Å²) in [5.41, 5.74) is 1.31. The number of carbonyl (C=O) groups is 1. The van der Waals surface area contributed by atoms with Crippen LogP contribution in [0.4, 0.5) is 10.2 Å². The molecule has 0 aliphatic rings. The van der Waals surface area contributed by atoms with E-state index in [1.807, 2.05) is 0 Å². The van der Waals surface area contributed by atoms with Crippen molar-refractivity contribution in [3.8, 4) is 0 Å². The quantitative estimate of drug-likeness (QED) is 0.940. The van der Waals surface area contributed by atoms with Crippen LogP contribution in [0.5, 0.6) is 0 Å². The Balaban J connectivity index is 2.01. The summed E-state index contributed by atoms with van der Waals surface area (Å²) in [6, 6.07) is 8.15. The summed E-state index contributed by atoms with van der Waals surface area (Å²) in [5, 5.41) is 2.69. The van der Waals surface area contributed by atoms with Gasteiger partial charge in [-0.3, -0.25) is 4.79 Å². The van der Waals surface area contributed by atoms with E-state index in [1.165, 1.54) is 6.07 Å². The second-order valence-electron chi connectivity index (χ2n) is 4.17. The van der Waals surface area contributed by atoms with Gasteiger partial charge in [0.1, 0.15) is 11.6 Å². The molecule has 1 amide bonds. The number of aryl methyl sites for hydroxylation is 1. The Bertz CT molecular complexity index is 599. The molecular formula is C14H12BrFN2O. The second-order valence-corrected chi connectivity index (χ2v) is 5.09. The predicted molar refractivity (Wildman–Crippen MR) is 75.4 cm³/mol. The first-order chi connectivity index (χ1) is 9.04. The Morgan fingerprint density at radius 1 is 1.37 bits per heavy atom. The fourth-order valence-corrected chi connectivity index (χ4v) is 1.87. The maximum absolute atomic E-state index is 13.1. The topological polar surface area (TPSA) is 42.0 Å². The number of pyridine rings is 1. The molecule has 0 spiro atoms. The van der Waals surface area contributed by atoms with Gasteiger partial charge in [0, 0.05) is 10.7 Å². The molecule has 0 atom stereocenters. The SMILES string of the molecule is Cc1cc(CC(=O)Nc2ccc(Br)cn2)ccc1F. The highest BCUT2D eigenvalue weighted by Crippen LogP contribution is 2.12. The number of aromatic nitrogens is 1. The van der Waals surface area contributed by atoms with E-state index in [4.69, 9.17) is 0 Å². The summed E-state index contributed by atoms with van der Waals surface area (Å²) >= 11 is 3.27. The van der Waals surface area contributed by atoms with Gasteiger partial charge in [-0.1, -0.05) is 12.1 Å². The molecule has 0 radical (unpaired) electrons. The number of anilines is 1. The molecule has 0 saturated carbocycles. The van der Waals surface area contributed by atoms with Gasteiger partial charge in [-0.05, 0) is 52.2 Å². The van der Waals surface area contributed by atoms with Gasteiger partial charge in [-0.25, -0.2) is 9.37 Å². The van der Waals surface area contributed by atoms with Gasteiger partial charge in [-0.15, -0.1) is 0 Å². The van der Waals surface area contributed by atoms with Crippen LogP contribution >= 0.6 is 15.9 Å². The van der Waals surface area contributed by atoms with Crippen LogP contribution in [0.2, 0.25) is 0 Å². The van der Waals surface area contributed by atoms with Crippen LogP contribution < -0.4 is 5.32 Å². The van der Waals surface area contributed by atoms with Gasteiger partial charge in [-0.2, -0.15) is 0 Å². The maximum atomic E-state index is 13.1. The molecule has 0 saturated heterocycles. The Kier molecular flexibility index (Phi) is 4.27. The highest BCUT2D eigenvalue weighted by molar-refractivity contribution is 9.10. The van der Waals surface area contributed by atoms with E-state index in [0.29, 0.717) is 11.4 Å². The van der Waals surface area contributed by atoms with E-state index in [-0.39, 0.29) is 18.1 Å². The van der Waals surface area contributed by atoms with E-state index in [1.54, 1.807) is 37.4 Å². The molecule has 5 heteroatoms. The number of amides is 1. The van der Waals surface area contributed by atoms with E-state index < -0.39 is 0 Å². The summed E-state index contributed by atoms with van der Waals surface area (Å²) < 4.78 is 14.0. The second kappa shape index (κ2) is 5.93. The van der Waals surface area contributed by atoms with Crippen molar-refractivity contribution in [3.63, 3.8) is 0 Å². The summed E-state index contributed by atoms with van der Waals surface area (Å²) in [5.74, 6) is 0.0478. The van der Waals surface area contributed by atoms with Crippen LogP contribution in [0.15, 0.2) is 41.0 Å². The number of nitrogens with one attached hydrogen (secondary N) is 1. The van der Waals surface area contributed by atoms with E-state index >= 15 is 0 Å². The van der Waals surface area contributed by atoms with Crippen molar-refractivity contribution in [2.24, 2.45) is 0 Å². The van der Waals surface area contributed by atoms with Gasteiger partial charge in [0.05, 0.1) is 6.42 Å². The zero-order chi connectivity index (χ0) is 13.8. The third kappa shape index (κ3) is 3.86. The number of hydrogen-bond acceptors (Lipinski definition) is 2. The number of benzene rings is 1. The number of halogens is 2. The van der Waals surface area contributed by atoms with Crippen molar-refractivity contribution in [3.05, 3.63) is 57.9 Å². The van der Waals surface area contributed by atoms with Crippen LogP contribution in [0.3, 0.4) is 0 Å². The van der Waals surface area contributed by atoms with Gasteiger partial charge in [0.15, 0.2) is 0 Å². The lowest BCUT2D eigenvalue weighted by Gasteiger charge is -2.05. The predicted octanol–water partition coefficient (Wildman–Crippen LogP) is 3.47. The van der Waals surface area contributed by atoms with Gasteiger partial charge < -0.3 is 5.32 Å². The van der Waals surface area contributed by atoms with Crippen LogP contribution in [0.1, 0.15) is 11.1 Å². The van der Waals surface area contributed by atoms with Crippen LogP contribution in [0.25, 0.3) is 0 Å². The molecule has 2 rings (SSSR count). The van der Waals surface area contributed by atoms with Crippen LogP contribution in [0, 0.1) is 12.7 Å². The van der Waals surface area contributed by atoms with E-state index in [2.05, 4.69) is 26.2 Å². The average Bonchev–Trinajstić information content (AvgIpc) is 2.37. The van der Waals surface area contributed by atoms with E-state index in [9.17, 15) is 9.18 Å². The number of nitrogens with zero attached hydrogens (tertiary/aromatic N) is 1. The molecule has 0 aliphatic heterocycles. The van der Waals surface area contributed by atoms with Crippen molar-refractivity contribution in [2.45, 2.75) is 13.3 Å². The number of carbonyl (C=O) groups excluding carboxylic acids is 1. The summed E-state index contributed by atoms with van der Waals surface area (Å²) in [7, 11) is 0. The summed E-state index contributed by atoms with van der Waals surface area (Å²) in [4.78, 5) is 15.9. The monoisotopic (exact) mass is 322 g/mol. The smallest absolute Gasteiger partial charge is 0.229 e. The van der Waals surface area contributed by atoms with Crippen LogP contribution in [-0.4, -0.2) is 10.9 Å². The normalized spacial score (nSPS) is 10.3. The third-order valence-corrected chi connectivity index (χ3v) is 3.05. The molecule has 19 heavy (non-hydrogen) atoms. The maximum Gasteiger partial charge on any atom is 0.229 e. The third-order valence-electron chi connectivity index (χ3n) is 2.58. The van der Waals surface area contributed by atoms with Crippen molar-refractivity contribution in [2.75, 3.05) is 5.32 Å². The van der Waals surface area contributed by atoms with Crippen molar-refractivity contribution in [1.29, 1.82) is 0 Å². The molecule has 1 aromatic carbocycles. The summed E-state index contributed by atoms with van der Waals surface area (Å²) in [6.07, 6.45) is 1.80. The highest BCUT2D eigenvalue weighted by atomic mass is 79.9.